The highest BCUT2D eigenvalue weighted by atomic mass is 32.2. The van der Waals surface area contributed by atoms with Crippen molar-refractivity contribution in [3.8, 4) is 0 Å². The number of para-hydroxylation sites is 1. The smallest absolute Gasteiger partial charge is 0.244 e. The van der Waals surface area contributed by atoms with E-state index in [9.17, 15) is 18.0 Å². The number of nitrogens with one attached hydrogen (secondary N) is 1. The Morgan fingerprint density at radius 2 is 1.84 bits per heavy atom. The van der Waals surface area contributed by atoms with Crippen molar-refractivity contribution in [3.63, 3.8) is 0 Å². The molecule has 2 aromatic carbocycles. The Morgan fingerprint density at radius 3 is 2.55 bits per heavy atom. The van der Waals surface area contributed by atoms with Crippen molar-refractivity contribution in [1.82, 2.24) is 4.31 Å². The average molecular weight is 460 g/mol. The summed E-state index contributed by atoms with van der Waals surface area (Å²) in [4.78, 5) is 28.2. The number of hydrogen-bond acceptors (Lipinski definition) is 5. The maximum atomic E-state index is 13.1. The minimum Gasteiger partial charge on any atom is -0.325 e. The van der Waals surface area contributed by atoms with Gasteiger partial charge in [0.25, 0.3) is 0 Å². The van der Waals surface area contributed by atoms with E-state index in [-0.39, 0.29) is 29.2 Å². The number of carbonyl (C=O) groups is 2. The number of hydrogen-bond donors (Lipinski definition) is 1. The lowest BCUT2D eigenvalue weighted by molar-refractivity contribution is -0.123. The van der Waals surface area contributed by atoms with Crippen LogP contribution in [0.4, 0.5) is 11.4 Å². The fraction of sp³-hybridized carbons (Fsp3) is 0.364. The van der Waals surface area contributed by atoms with E-state index in [1.54, 1.807) is 30.3 Å². The van der Waals surface area contributed by atoms with Gasteiger partial charge in [0.15, 0.2) is 0 Å². The Kier molecular flexibility index (Phi) is 6.36. The topological polar surface area (TPSA) is 86.8 Å². The second-order valence-electron chi connectivity index (χ2n) is 7.79. The zero-order valence-corrected chi connectivity index (χ0v) is 18.9. The van der Waals surface area contributed by atoms with Gasteiger partial charge >= 0.3 is 0 Å². The van der Waals surface area contributed by atoms with Gasteiger partial charge in [-0.15, -0.1) is 11.8 Å². The molecule has 2 aliphatic rings. The number of rotatable bonds is 5. The van der Waals surface area contributed by atoms with Gasteiger partial charge in [-0.1, -0.05) is 25.1 Å². The molecule has 2 aliphatic heterocycles. The van der Waals surface area contributed by atoms with Gasteiger partial charge in [-0.3, -0.25) is 9.59 Å². The molecule has 0 radical (unpaired) electrons. The van der Waals surface area contributed by atoms with Crippen LogP contribution in [0.5, 0.6) is 0 Å². The van der Waals surface area contributed by atoms with Crippen molar-refractivity contribution in [2.24, 2.45) is 5.92 Å². The first-order valence-electron chi connectivity index (χ1n) is 10.3. The number of amides is 2. The third kappa shape index (κ3) is 4.63. The third-order valence-corrected chi connectivity index (χ3v) is 8.68. The maximum Gasteiger partial charge on any atom is 0.244 e. The molecule has 4 rings (SSSR count). The number of fused-ring (bicyclic) bond motifs is 1. The Hall–Kier alpha value is -2.36. The lowest BCUT2D eigenvalue weighted by atomic mass is 10.1. The van der Waals surface area contributed by atoms with Crippen molar-refractivity contribution in [2.45, 2.75) is 29.6 Å². The van der Waals surface area contributed by atoms with Crippen LogP contribution < -0.4 is 10.2 Å². The largest absolute Gasteiger partial charge is 0.325 e. The van der Waals surface area contributed by atoms with E-state index in [4.69, 9.17) is 0 Å². The molecule has 1 N–H and O–H groups in total. The van der Waals surface area contributed by atoms with Gasteiger partial charge in [0, 0.05) is 35.3 Å². The van der Waals surface area contributed by atoms with E-state index >= 15 is 0 Å². The molecule has 0 aliphatic carbocycles. The van der Waals surface area contributed by atoms with E-state index < -0.39 is 10.0 Å². The van der Waals surface area contributed by atoms with Crippen LogP contribution >= 0.6 is 11.8 Å². The molecule has 2 aromatic rings. The van der Waals surface area contributed by atoms with E-state index in [2.05, 4.69) is 5.32 Å². The highest BCUT2D eigenvalue weighted by Crippen LogP contribution is 2.38. The number of nitrogens with zero attached hydrogens (tertiary/aromatic N) is 2. The molecule has 164 valence electrons. The van der Waals surface area contributed by atoms with Gasteiger partial charge in [0.2, 0.25) is 21.8 Å². The highest BCUT2D eigenvalue weighted by molar-refractivity contribution is 7.99. The molecule has 0 saturated carbocycles. The number of carbonyl (C=O) groups excluding carboxylic acids is 2. The van der Waals surface area contributed by atoms with Crippen molar-refractivity contribution in [2.75, 3.05) is 35.6 Å². The molecule has 0 spiro atoms. The average Bonchev–Trinajstić information content (AvgIpc) is 3.28. The molecule has 0 aromatic heterocycles. The Balaban J connectivity index is 1.66. The molecule has 2 heterocycles. The number of sulfonamides is 1. The Labute approximate surface area is 186 Å². The van der Waals surface area contributed by atoms with Crippen LogP contribution in [0.3, 0.4) is 0 Å². The van der Waals surface area contributed by atoms with Crippen molar-refractivity contribution < 1.29 is 18.0 Å². The minimum absolute atomic E-state index is 0.157. The van der Waals surface area contributed by atoms with Crippen LogP contribution in [0.2, 0.25) is 0 Å². The van der Waals surface area contributed by atoms with Crippen LogP contribution in [0.25, 0.3) is 0 Å². The van der Waals surface area contributed by atoms with Crippen LogP contribution in [-0.4, -0.2) is 49.9 Å². The summed E-state index contributed by atoms with van der Waals surface area (Å²) < 4.78 is 27.6. The summed E-state index contributed by atoms with van der Waals surface area (Å²) in [5, 5.41) is 2.80. The van der Waals surface area contributed by atoms with Gasteiger partial charge < -0.3 is 10.2 Å². The summed E-state index contributed by atoms with van der Waals surface area (Å²) in [7, 11) is -3.63. The van der Waals surface area contributed by atoms with Crippen LogP contribution in [-0.2, 0) is 19.6 Å². The normalized spacial score (nSPS) is 19.7. The number of anilines is 2. The third-order valence-electron chi connectivity index (χ3n) is 5.46. The summed E-state index contributed by atoms with van der Waals surface area (Å²) >= 11 is 1.51. The molecule has 2 amide bonds. The standard InChI is InChI=1S/C22H25N3O4S2/c1-16-15-30-20-10-9-18(31(28,29)24-11-5-6-12-24)13-19(20)25(22(16)27)14-21(26)23-17-7-3-2-4-8-17/h2-4,7-10,13,16H,5-6,11-12,14-15H2,1H3,(H,23,26). The first-order chi connectivity index (χ1) is 14.9. The monoisotopic (exact) mass is 459 g/mol. The second-order valence-corrected chi connectivity index (χ2v) is 10.8. The lowest BCUT2D eigenvalue weighted by Crippen LogP contribution is -2.41. The molecule has 7 nitrogen and oxygen atoms in total. The lowest BCUT2D eigenvalue weighted by Gasteiger charge is -2.25. The molecular weight excluding hydrogens is 434 g/mol. The summed E-state index contributed by atoms with van der Waals surface area (Å²) in [6, 6.07) is 13.9. The molecule has 1 fully saturated rings. The van der Waals surface area contributed by atoms with E-state index in [1.807, 2.05) is 25.1 Å². The SMILES string of the molecule is CC1CSc2ccc(S(=O)(=O)N3CCCC3)cc2N(CC(=O)Nc2ccccc2)C1=O. The highest BCUT2D eigenvalue weighted by Gasteiger charge is 2.33. The number of benzene rings is 2. The van der Waals surface area contributed by atoms with Crippen molar-refractivity contribution >= 4 is 45.0 Å². The zero-order chi connectivity index (χ0) is 22.0. The summed E-state index contributed by atoms with van der Waals surface area (Å²) in [5.41, 5.74) is 1.12. The predicted molar refractivity (Wildman–Crippen MR) is 122 cm³/mol. The first-order valence-corrected chi connectivity index (χ1v) is 12.7. The predicted octanol–water partition coefficient (Wildman–Crippen LogP) is 3.18. The van der Waals surface area contributed by atoms with E-state index in [0.717, 1.165) is 17.7 Å². The summed E-state index contributed by atoms with van der Waals surface area (Å²) in [5.74, 6) is -0.246. The molecular formula is C22H25N3O4S2. The molecule has 9 heteroatoms. The van der Waals surface area contributed by atoms with Gasteiger partial charge in [-0.2, -0.15) is 4.31 Å². The van der Waals surface area contributed by atoms with Crippen LogP contribution in [0.15, 0.2) is 58.3 Å². The zero-order valence-electron chi connectivity index (χ0n) is 17.3. The first kappa shape index (κ1) is 21.9. The molecule has 1 saturated heterocycles. The van der Waals surface area contributed by atoms with Gasteiger partial charge in [-0.25, -0.2) is 8.42 Å². The van der Waals surface area contributed by atoms with Crippen LogP contribution in [0.1, 0.15) is 19.8 Å². The van der Waals surface area contributed by atoms with E-state index in [0.29, 0.717) is 30.2 Å². The van der Waals surface area contributed by atoms with Crippen molar-refractivity contribution in [1.29, 1.82) is 0 Å². The molecule has 31 heavy (non-hydrogen) atoms. The van der Waals surface area contributed by atoms with Crippen molar-refractivity contribution in [3.05, 3.63) is 48.5 Å². The number of thioether (sulfide) groups is 1. The second kappa shape index (κ2) is 9.02. The Bertz CT molecular complexity index is 1080. The molecule has 0 bridgehead atoms. The van der Waals surface area contributed by atoms with Gasteiger partial charge in [0.1, 0.15) is 6.54 Å². The van der Waals surface area contributed by atoms with Gasteiger partial charge in [-0.05, 0) is 43.2 Å². The molecule has 1 atom stereocenters. The fourth-order valence-corrected chi connectivity index (χ4v) is 6.36. The van der Waals surface area contributed by atoms with Gasteiger partial charge in [0.05, 0.1) is 10.6 Å². The minimum atomic E-state index is -3.63. The fourth-order valence-electron chi connectivity index (χ4n) is 3.77. The Morgan fingerprint density at radius 1 is 1.13 bits per heavy atom. The van der Waals surface area contributed by atoms with E-state index in [1.165, 1.54) is 21.0 Å². The molecule has 1 unspecified atom stereocenters. The summed E-state index contributed by atoms with van der Waals surface area (Å²) in [6.45, 7) is 2.66. The quantitative estimate of drug-likeness (QED) is 0.742. The van der Waals surface area contributed by atoms with Crippen LogP contribution in [0, 0.1) is 5.92 Å². The summed E-state index contributed by atoms with van der Waals surface area (Å²) in [6.07, 6.45) is 1.70. The maximum absolute atomic E-state index is 13.1.